The van der Waals surface area contributed by atoms with Gasteiger partial charge in [0.2, 0.25) is 10.0 Å². The molecule has 1 aliphatic carbocycles. The second kappa shape index (κ2) is 6.08. The highest BCUT2D eigenvalue weighted by atomic mass is 35.5. The molecule has 0 saturated heterocycles. The SMILES string of the molecule is CCC(C)N(CC)S(=O)(=O)c1cc(CCl)n(C2CC2)c1. The molecular weight excluding hydrogens is 296 g/mol. The topological polar surface area (TPSA) is 42.3 Å². The Morgan fingerprint density at radius 2 is 2.10 bits per heavy atom. The lowest BCUT2D eigenvalue weighted by atomic mass is 10.3. The van der Waals surface area contributed by atoms with Gasteiger partial charge in [-0.05, 0) is 32.3 Å². The molecule has 2 rings (SSSR count). The first-order valence-electron chi connectivity index (χ1n) is 7.24. The van der Waals surface area contributed by atoms with Gasteiger partial charge in [-0.15, -0.1) is 11.6 Å². The Hall–Kier alpha value is -0.520. The van der Waals surface area contributed by atoms with Crippen LogP contribution in [0.1, 0.15) is 51.8 Å². The Kier molecular flexibility index (Phi) is 4.82. The predicted octanol–water partition coefficient (Wildman–Crippen LogP) is 3.37. The molecule has 4 nitrogen and oxygen atoms in total. The Morgan fingerprint density at radius 1 is 1.45 bits per heavy atom. The fourth-order valence-corrected chi connectivity index (χ4v) is 4.48. The molecule has 1 saturated carbocycles. The lowest BCUT2D eigenvalue weighted by molar-refractivity contribution is 0.342. The minimum Gasteiger partial charge on any atom is -0.346 e. The van der Waals surface area contributed by atoms with E-state index in [0.717, 1.165) is 25.0 Å². The summed E-state index contributed by atoms with van der Waals surface area (Å²) in [5.41, 5.74) is 0.896. The van der Waals surface area contributed by atoms with Crippen molar-refractivity contribution >= 4 is 21.6 Å². The van der Waals surface area contributed by atoms with Crippen LogP contribution in [0, 0.1) is 0 Å². The summed E-state index contributed by atoms with van der Waals surface area (Å²) < 4.78 is 29.1. The molecule has 6 heteroatoms. The largest absolute Gasteiger partial charge is 0.346 e. The van der Waals surface area contributed by atoms with Crippen LogP contribution in [-0.2, 0) is 15.9 Å². The van der Waals surface area contributed by atoms with Crippen molar-refractivity contribution in [2.75, 3.05) is 6.54 Å². The van der Waals surface area contributed by atoms with Crippen LogP contribution in [0.3, 0.4) is 0 Å². The highest BCUT2D eigenvalue weighted by Gasteiger charge is 2.31. The summed E-state index contributed by atoms with van der Waals surface area (Å²) in [5.74, 6) is 0.349. The van der Waals surface area contributed by atoms with Crippen LogP contribution >= 0.6 is 11.6 Å². The predicted molar refractivity (Wildman–Crippen MR) is 81.6 cm³/mol. The summed E-state index contributed by atoms with van der Waals surface area (Å²) in [6.45, 7) is 6.32. The van der Waals surface area contributed by atoms with E-state index < -0.39 is 10.0 Å². The Bertz CT molecular complexity index is 564. The molecule has 20 heavy (non-hydrogen) atoms. The van der Waals surface area contributed by atoms with Gasteiger partial charge in [-0.25, -0.2) is 8.42 Å². The van der Waals surface area contributed by atoms with Crippen LogP contribution in [0.15, 0.2) is 17.2 Å². The van der Waals surface area contributed by atoms with Crippen LogP contribution in [0.25, 0.3) is 0 Å². The van der Waals surface area contributed by atoms with Crippen molar-refractivity contribution in [1.82, 2.24) is 8.87 Å². The molecule has 1 aromatic rings. The number of hydrogen-bond donors (Lipinski definition) is 0. The van der Waals surface area contributed by atoms with Crippen LogP contribution in [0.5, 0.6) is 0 Å². The highest BCUT2D eigenvalue weighted by molar-refractivity contribution is 7.89. The molecule has 0 bridgehead atoms. The molecule has 1 unspecified atom stereocenters. The van der Waals surface area contributed by atoms with E-state index in [1.54, 1.807) is 16.6 Å². The van der Waals surface area contributed by atoms with E-state index in [0.29, 0.717) is 23.4 Å². The highest BCUT2D eigenvalue weighted by Crippen LogP contribution is 2.38. The molecule has 0 amide bonds. The van der Waals surface area contributed by atoms with Crippen molar-refractivity contribution in [3.63, 3.8) is 0 Å². The summed E-state index contributed by atoms with van der Waals surface area (Å²) in [6.07, 6.45) is 4.79. The fourth-order valence-electron chi connectivity index (χ4n) is 2.49. The molecule has 0 aliphatic heterocycles. The van der Waals surface area contributed by atoms with Crippen LogP contribution in [0.4, 0.5) is 0 Å². The summed E-state index contributed by atoms with van der Waals surface area (Å²) in [5, 5.41) is 0. The van der Waals surface area contributed by atoms with Gasteiger partial charge in [0.25, 0.3) is 0 Å². The van der Waals surface area contributed by atoms with Crippen LogP contribution < -0.4 is 0 Å². The van der Waals surface area contributed by atoms with E-state index in [4.69, 9.17) is 11.6 Å². The van der Waals surface area contributed by atoms with Gasteiger partial charge in [-0.3, -0.25) is 0 Å². The van der Waals surface area contributed by atoms with Crippen molar-refractivity contribution in [2.24, 2.45) is 0 Å². The van der Waals surface area contributed by atoms with E-state index in [1.165, 1.54) is 0 Å². The number of rotatable bonds is 7. The molecular formula is C14H23ClN2O2S. The zero-order chi connectivity index (χ0) is 14.9. The smallest absolute Gasteiger partial charge is 0.244 e. The van der Waals surface area contributed by atoms with Crippen LogP contribution in [0.2, 0.25) is 0 Å². The first-order chi connectivity index (χ1) is 9.45. The lowest BCUT2D eigenvalue weighted by Gasteiger charge is -2.25. The van der Waals surface area contributed by atoms with E-state index in [2.05, 4.69) is 0 Å². The normalized spacial score (nSPS) is 17.6. The number of nitrogens with zero attached hydrogens (tertiary/aromatic N) is 2. The molecule has 1 atom stereocenters. The maximum Gasteiger partial charge on any atom is 0.244 e. The first-order valence-corrected chi connectivity index (χ1v) is 9.21. The molecule has 1 fully saturated rings. The Labute approximate surface area is 126 Å². The van der Waals surface area contributed by atoms with Crippen LogP contribution in [-0.4, -0.2) is 29.9 Å². The van der Waals surface area contributed by atoms with Gasteiger partial charge < -0.3 is 4.57 Å². The third kappa shape index (κ3) is 2.90. The summed E-state index contributed by atoms with van der Waals surface area (Å²) in [4.78, 5) is 0.377. The van der Waals surface area contributed by atoms with E-state index in [9.17, 15) is 8.42 Å². The van der Waals surface area contributed by atoms with Gasteiger partial charge in [-0.1, -0.05) is 13.8 Å². The lowest BCUT2D eigenvalue weighted by Crippen LogP contribution is -2.37. The van der Waals surface area contributed by atoms with E-state index >= 15 is 0 Å². The summed E-state index contributed by atoms with van der Waals surface area (Å²) in [7, 11) is -3.43. The van der Waals surface area contributed by atoms with Gasteiger partial charge in [0.15, 0.2) is 0 Å². The Morgan fingerprint density at radius 3 is 2.55 bits per heavy atom. The zero-order valence-electron chi connectivity index (χ0n) is 12.3. The van der Waals surface area contributed by atoms with Crippen molar-refractivity contribution < 1.29 is 8.42 Å². The number of aromatic nitrogens is 1. The van der Waals surface area contributed by atoms with Crippen molar-refractivity contribution in [2.45, 2.75) is 62.9 Å². The summed E-state index contributed by atoms with van der Waals surface area (Å²) >= 11 is 5.94. The Balaban J connectivity index is 2.38. The first kappa shape index (κ1) is 15.9. The molecule has 0 aromatic carbocycles. The third-order valence-corrected chi connectivity index (χ3v) is 6.31. The van der Waals surface area contributed by atoms with Gasteiger partial charge >= 0.3 is 0 Å². The second-order valence-electron chi connectivity index (χ2n) is 5.40. The standard InChI is InChI=1S/C14H23ClN2O2S/c1-4-11(3)17(5-2)20(18,19)14-8-13(9-15)16(10-14)12-6-7-12/h8,10-12H,4-7,9H2,1-3H3. The van der Waals surface area contributed by atoms with E-state index in [1.807, 2.05) is 25.3 Å². The minimum absolute atomic E-state index is 0.00808. The maximum absolute atomic E-state index is 12.8. The maximum atomic E-state index is 12.8. The number of hydrogen-bond acceptors (Lipinski definition) is 2. The number of halogens is 1. The quantitative estimate of drug-likeness (QED) is 0.723. The average molecular weight is 319 g/mol. The molecule has 114 valence electrons. The van der Waals surface area contributed by atoms with Crippen molar-refractivity contribution in [1.29, 1.82) is 0 Å². The third-order valence-electron chi connectivity index (χ3n) is 3.98. The van der Waals surface area contributed by atoms with Gasteiger partial charge in [-0.2, -0.15) is 4.31 Å². The monoisotopic (exact) mass is 318 g/mol. The molecule has 1 aromatic heterocycles. The van der Waals surface area contributed by atoms with Crippen molar-refractivity contribution in [3.8, 4) is 0 Å². The van der Waals surface area contributed by atoms with E-state index in [-0.39, 0.29) is 6.04 Å². The molecule has 1 heterocycles. The molecule has 0 N–H and O–H groups in total. The minimum atomic E-state index is -3.43. The van der Waals surface area contributed by atoms with Gasteiger partial charge in [0.05, 0.1) is 5.88 Å². The molecule has 0 radical (unpaired) electrons. The fraction of sp³-hybridized carbons (Fsp3) is 0.714. The number of sulfonamides is 1. The van der Waals surface area contributed by atoms with Gasteiger partial charge in [0, 0.05) is 30.5 Å². The van der Waals surface area contributed by atoms with Gasteiger partial charge in [0.1, 0.15) is 4.90 Å². The number of alkyl halides is 1. The molecule has 0 spiro atoms. The zero-order valence-corrected chi connectivity index (χ0v) is 13.9. The molecule has 1 aliphatic rings. The van der Waals surface area contributed by atoms with Crippen molar-refractivity contribution in [3.05, 3.63) is 18.0 Å². The second-order valence-corrected chi connectivity index (χ2v) is 7.56. The average Bonchev–Trinajstić information content (AvgIpc) is 3.17. The summed E-state index contributed by atoms with van der Waals surface area (Å²) in [6, 6.07) is 2.17.